The van der Waals surface area contributed by atoms with E-state index in [-0.39, 0.29) is 24.1 Å². The molecule has 0 bridgehead atoms. The maximum Gasteiger partial charge on any atom is 0.348 e. The minimum atomic E-state index is -0.887. The van der Waals surface area contributed by atoms with Crippen LogP contribution in [0.15, 0.2) is 65.5 Å². The van der Waals surface area contributed by atoms with Gasteiger partial charge in [-0.05, 0) is 35.4 Å². The number of hydrogen-bond acceptors (Lipinski definition) is 5. The van der Waals surface area contributed by atoms with Gasteiger partial charge >= 0.3 is 17.1 Å². The van der Waals surface area contributed by atoms with Gasteiger partial charge in [0.2, 0.25) is 0 Å². The number of fused-ring (bicyclic) bond motifs is 1. The molecule has 3 aromatic carbocycles. The summed E-state index contributed by atoms with van der Waals surface area (Å²) in [5, 5.41) is 22.8. The lowest BCUT2D eigenvalue weighted by molar-refractivity contribution is -0.422. The van der Waals surface area contributed by atoms with Crippen molar-refractivity contribution in [1.82, 2.24) is 9.13 Å². The van der Waals surface area contributed by atoms with E-state index in [1.165, 1.54) is 57.7 Å². The quantitative estimate of drug-likeness (QED) is 0.332. The molecule has 11 heteroatoms. The Morgan fingerprint density at radius 1 is 0.688 bits per heavy atom. The Morgan fingerprint density at radius 2 is 1.03 bits per heavy atom. The summed E-state index contributed by atoms with van der Waals surface area (Å²) in [6.45, 7) is -0.0814. The van der Waals surface area contributed by atoms with Gasteiger partial charge in [0.05, 0.1) is 34.0 Å². The zero-order valence-electron chi connectivity index (χ0n) is 16.3. The van der Waals surface area contributed by atoms with Crippen molar-refractivity contribution < 1.29 is 18.6 Å². The van der Waals surface area contributed by atoms with E-state index >= 15 is 0 Å². The molecular formula is C21H14F2N4O5. The predicted molar refractivity (Wildman–Crippen MR) is 111 cm³/mol. The third-order valence-electron chi connectivity index (χ3n) is 5.02. The van der Waals surface area contributed by atoms with E-state index in [2.05, 4.69) is 0 Å². The smallest absolute Gasteiger partial charge is 0.287 e. The first-order valence-electron chi connectivity index (χ1n) is 9.29. The normalized spacial score (nSPS) is 11.1. The lowest BCUT2D eigenvalue weighted by Crippen LogP contribution is -2.25. The molecule has 0 fully saturated rings. The zero-order chi connectivity index (χ0) is 23.0. The first-order chi connectivity index (χ1) is 15.2. The Labute approximate surface area is 178 Å². The molecule has 0 aliphatic carbocycles. The number of nitro benzene ring substituents is 2. The lowest BCUT2D eigenvalue weighted by Gasteiger charge is -2.04. The summed E-state index contributed by atoms with van der Waals surface area (Å²) >= 11 is 0. The van der Waals surface area contributed by atoms with Gasteiger partial charge in [0, 0.05) is 12.1 Å². The molecule has 0 atom stereocenters. The van der Waals surface area contributed by atoms with Crippen molar-refractivity contribution in [2.75, 3.05) is 0 Å². The molecule has 0 saturated heterocycles. The van der Waals surface area contributed by atoms with E-state index in [4.69, 9.17) is 0 Å². The molecule has 0 N–H and O–H groups in total. The Balaban J connectivity index is 1.95. The van der Waals surface area contributed by atoms with Crippen LogP contribution in [0.1, 0.15) is 11.1 Å². The first kappa shape index (κ1) is 20.8. The van der Waals surface area contributed by atoms with Crippen LogP contribution >= 0.6 is 0 Å². The number of aromatic nitrogens is 2. The minimum absolute atomic E-state index is 0.0407. The van der Waals surface area contributed by atoms with Gasteiger partial charge in [-0.3, -0.25) is 29.4 Å². The van der Waals surface area contributed by atoms with E-state index < -0.39 is 38.5 Å². The van der Waals surface area contributed by atoms with Crippen LogP contribution in [-0.2, 0) is 13.1 Å². The molecule has 4 aromatic rings. The summed E-state index contributed by atoms with van der Waals surface area (Å²) < 4.78 is 29.0. The van der Waals surface area contributed by atoms with Crippen LogP contribution < -0.4 is 5.69 Å². The van der Waals surface area contributed by atoms with Crippen LogP contribution in [0.2, 0.25) is 0 Å². The maximum absolute atomic E-state index is 13.3. The van der Waals surface area contributed by atoms with Crippen molar-refractivity contribution >= 4 is 22.4 Å². The van der Waals surface area contributed by atoms with Crippen molar-refractivity contribution in [3.63, 3.8) is 0 Å². The molecular weight excluding hydrogens is 426 g/mol. The Morgan fingerprint density at radius 3 is 1.34 bits per heavy atom. The Bertz CT molecular complexity index is 1300. The van der Waals surface area contributed by atoms with Crippen LogP contribution in [0.5, 0.6) is 0 Å². The standard InChI is InChI=1S/C21H14F2N4O5/c22-15-5-1-13(2-6-15)11-24-17-9-19(26(29)30)20(27(31)32)10-18(17)25(21(24)28)12-14-3-7-16(23)8-4-14/h1-10H,11-12H2. The molecule has 1 aromatic heterocycles. The van der Waals surface area contributed by atoms with Crippen LogP contribution in [-0.4, -0.2) is 19.0 Å². The summed E-state index contributed by atoms with van der Waals surface area (Å²) in [5.41, 5.74) is -0.768. The van der Waals surface area contributed by atoms with Crippen molar-refractivity contribution in [3.8, 4) is 0 Å². The Kier molecular flexibility index (Phi) is 5.23. The third-order valence-corrected chi connectivity index (χ3v) is 5.02. The molecule has 1 heterocycles. The van der Waals surface area contributed by atoms with Crippen molar-refractivity contribution in [3.05, 3.63) is 114 Å². The summed E-state index contributed by atoms with van der Waals surface area (Å²) in [5.74, 6) is -0.933. The van der Waals surface area contributed by atoms with Crippen molar-refractivity contribution in [2.45, 2.75) is 13.1 Å². The van der Waals surface area contributed by atoms with Gasteiger partial charge in [0.15, 0.2) is 0 Å². The molecule has 9 nitrogen and oxygen atoms in total. The molecule has 0 spiro atoms. The predicted octanol–water partition coefficient (Wildman–Crippen LogP) is 3.99. The number of benzene rings is 3. The van der Waals surface area contributed by atoms with Gasteiger partial charge in [0.25, 0.3) is 0 Å². The number of nitrogens with zero attached hydrogens (tertiary/aromatic N) is 4. The van der Waals surface area contributed by atoms with Gasteiger partial charge in [-0.2, -0.15) is 0 Å². The van der Waals surface area contributed by atoms with E-state index in [1.807, 2.05) is 0 Å². The van der Waals surface area contributed by atoms with Gasteiger partial charge in [0.1, 0.15) is 11.6 Å². The highest BCUT2D eigenvalue weighted by molar-refractivity contribution is 5.84. The summed E-state index contributed by atoms with van der Waals surface area (Å²) in [6, 6.07) is 12.7. The highest BCUT2D eigenvalue weighted by Crippen LogP contribution is 2.32. The second kappa shape index (κ2) is 8.02. The molecule has 162 valence electrons. The minimum Gasteiger partial charge on any atom is -0.287 e. The molecule has 0 aliphatic heterocycles. The molecule has 4 rings (SSSR count). The maximum atomic E-state index is 13.3. The molecule has 0 unspecified atom stereocenters. The van der Waals surface area contributed by atoms with Gasteiger partial charge < -0.3 is 0 Å². The number of halogens is 2. The van der Waals surface area contributed by atoms with Crippen LogP contribution in [0.3, 0.4) is 0 Å². The largest absolute Gasteiger partial charge is 0.348 e. The number of rotatable bonds is 6. The lowest BCUT2D eigenvalue weighted by atomic mass is 10.2. The van der Waals surface area contributed by atoms with Gasteiger partial charge in [-0.15, -0.1) is 0 Å². The molecule has 0 amide bonds. The van der Waals surface area contributed by atoms with Crippen molar-refractivity contribution in [1.29, 1.82) is 0 Å². The number of hydrogen-bond donors (Lipinski definition) is 0. The van der Waals surface area contributed by atoms with Crippen LogP contribution in [0.4, 0.5) is 20.2 Å². The number of imidazole rings is 1. The summed E-state index contributed by atoms with van der Waals surface area (Å²) in [7, 11) is 0. The molecule has 32 heavy (non-hydrogen) atoms. The molecule has 0 saturated carbocycles. The summed E-state index contributed by atoms with van der Waals surface area (Å²) in [4.78, 5) is 34.3. The van der Waals surface area contributed by atoms with E-state index in [0.717, 1.165) is 12.1 Å². The average Bonchev–Trinajstić information content (AvgIpc) is 3.01. The Hall–Kier alpha value is -4.41. The zero-order valence-corrected chi connectivity index (χ0v) is 16.3. The monoisotopic (exact) mass is 440 g/mol. The SMILES string of the molecule is O=c1n(Cc2ccc(F)cc2)c2cc([N+](=O)[O-])c([N+](=O)[O-])cc2n1Cc1ccc(F)cc1. The second-order valence-electron chi connectivity index (χ2n) is 7.05. The fourth-order valence-electron chi connectivity index (χ4n) is 3.48. The van der Waals surface area contributed by atoms with Gasteiger partial charge in [-0.1, -0.05) is 24.3 Å². The first-order valence-corrected chi connectivity index (χ1v) is 9.29. The van der Waals surface area contributed by atoms with E-state index in [9.17, 15) is 33.8 Å². The second-order valence-corrected chi connectivity index (χ2v) is 7.05. The fraction of sp³-hybridized carbons (Fsp3) is 0.0952. The molecule has 0 aliphatic rings. The van der Waals surface area contributed by atoms with Crippen LogP contribution in [0, 0.1) is 31.9 Å². The third kappa shape index (κ3) is 3.83. The highest BCUT2D eigenvalue weighted by Gasteiger charge is 2.28. The summed E-state index contributed by atoms with van der Waals surface area (Å²) in [6.07, 6.45) is 0. The topological polar surface area (TPSA) is 113 Å². The van der Waals surface area contributed by atoms with Gasteiger partial charge in [-0.25, -0.2) is 13.6 Å². The van der Waals surface area contributed by atoms with Crippen LogP contribution in [0.25, 0.3) is 11.0 Å². The number of nitro groups is 2. The van der Waals surface area contributed by atoms with E-state index in [0.29, 0.717) is 11.1 Å². The fourth-order valence-corrected chi connectivity index (χ4v) is 3.48. The molecule has 0 radical (unpaired) electrons. The average molecular weight is 440 g/mol. The van der Waals surface area contributed by atoms with E-state index in [1.54, 1.807) is 0 Å². The van der Waals surface area contributed by atoms with Crippen molar-refractivity contribution in [2.24, 2.45) is 0 Å². The highest BCUT2D eigenvalue weighted by atomic mass is 19.1.